The molecule has 2 rings (SSSR count). The standard InChI is InChI=1S/C14H18FN3S/c1-9(16)6-11-8-12(15)4-5-13(11)19-14-7-10(2)17-18(14)3/h4-5,7-9H,6,16H2,1-3H3. The van der Waals surface area contributed by atoms with E-state index in [1.54, 1.807) is 23.9 Å². The van der Waals surface area contributed by atoms with Gasteiger partial charge in [0, 0.05) is 18.0 Å². The van der Waals surface area contributed by atoms with E-state index in [9.17, 15) is 4.39 Å². The summed E-state index contributed by atoms with van der Waals surface area (Å²) in [5, 5.41) is 5.35. The molecule has 1 heterocycles. The average Bonchev–Trinajstić information content (AvgIpc) is 2.60. The second kappa shape index (κ2) is 5.75. The summed E-state index contributed by atoms with van der Waals surface area (Å²) >= 11 is 1.59. The second-order valence-electron chi connectivity index (χ2n) is 4.78. The van der Waals surface area contributed by atoms with Crippen LogP contribution in [0.25, 0.3) is 0 Å². The Labute approximate surface area is 117 Å². The largest absolute Gasteiger partial charge is 0.328 e. The minimum atomic E-state index is -0.221. The van der Waals surface area contributed by atoms with E-state index in [-0.39, 0.29) is 11.9 Å². The van der Waals surface area contributed by atoms with E-state index in [1.807, 2.05) is 31.6 Å². The van der Waals surface area contributed by atoms with Gasteiger partial charge in [-0.25, -0.2) is 4.39 Å². The van der Waals surface area contributed by atoms with E-state index < -0.39 is 0 Å². The Morgan fingerprint density at radius 2 is 2.16 bits per heavy atom. The molecule has 0 spiro atoms. The molecule has 1 atom stereocenters. The minimum Gasteiger partial charge on any atom is -0.328 e. The van der Waals surface area contributed by atoms with Gasteiger partial charge < -0.3 is 5.73 Å². The van der Waals surface area contributed by atoms with E-state index in [1.165, 1.54) is 6.07 Å². The highest BCUT2D eigenvalue weighted by Crippen LogP contribution is 2.31. The molecule has 19 heavy (non-hydrogen) atoms. The number of nitrogens with two attached hydrogens (primary N) is 1. The maximum Gasteiger partial charge on any atom is 0.123 e. The van der Waals surface area contributed by atoms with E-state index in [4.69, 9.17) is 5.73 Å². The summed E-state index contributed by atoms with van der Waals surface area (Å²) in [6.07, 6.45) is 0.664. The molecule has 1 unspecified atom stereocenters. The highest BCUT2D eigenvalue weighted by atomic mass is 32.2. The molecule has 0 amide bonds. The molecule has 0 radical (unpaired) electrons. The van der Waals surface area contributed by atoms with Gasteiger partial charge in [0.25, 0.3) is 0 Å². The van der Waals surface area contributed by atoms with Crippen molar-refractivity contribution in [3.05, 3.63) is 41.3 Å². The highest BCUT2D eigenvalue weighted by molar-refractivity contribution is 7.99. The molecular weight excluding hydrogens is 261 g/mol. The number of hydrogen-bond donors (Lipinski definition) is 1. The first-order valence-corrected chi connectivity index (χ1v) is 7.00. The normalized spacial score (nSPS) is 12.7. The van der Waals surface area contributed by atoms with Crippen molar-refractivity contribution >= 4 is 11.8 Å². The summed E-state index contributed by atoms with van der Waals surface area (Å²) in [5.74, 6) is -0.221. The number of halogens is 1. The maximum absolute atomic E-state index is 13.4. The zero-order chi connectivity index (χ0) is 14.0. The number of aromatic nitrogens is 2. The van der Waals surface area contributed by atoms with Crippen LogP contribution < -0.4 is 5.73 Å². The van der Waals surface area contributed by atoms with Gasteiger partial charge in [-0.3, -0.25) is 4.68 Å². The van der Waals surface area contributed by atoms with E-state index in [0.717, 1.165) is 21.2 Å². The van der Waals surface area contributed by atoms with Crippen molar-refractivity contribution in [2.75, 3.05) is 0 Å². The minimum absolute atomic E-state index is 0.00873. The molecule has 1 aromatic carbocycles. The number of nitrogens with zero attached hydrogens (tertiary/aromatic N) is 2. The van der Waals surface area contributed by atoms with E-state index in [2.05, 4.69) is 5.10 Å². The Bertz CT molecular complexity index is 578. The molecule has 0 saturated heterocycles. The lowest BCUT2D eigenvalue weighted by molar-refractivity contribution is 0.620. The van der Waals surface area contributed by atoms with Crippen LogP contribution in [0.15, 0.2) is 34.2 Å². The van der Waals surface area contributed by atoms with Crippen molar-refractivity contribution in [1.82, 2.24) is 9.78 Å². The zero-order valence-corrected chi connectivity index (χ0v) is 12.2. The van der Waals surface area contributed by atoms with Gasteiger partial charge in [-0.05, 0) is 50.1 Å². The topological polar surface area (TPSA) is 43.8 Å². The molecule has 1 aromatic heterocycles. The van der Waals surface area contributed by atoms with Gasteiger partial charge in [-0.2, -0.15) is 5.10 Å². The number of aryl methyl sites for hydroxylation is 2. The van der Waals surface area contributed by atoms with Crippen LogP contribution in [0, 0.1) is 12.7 Å². The van der Waals surface area contributed by atoms with Crippen LogP contribution in [0.3, 0.4) is 0 Å². The Kier molecular flexibility index (Phi) is 4.27. The van der Waals surface area contributed by atoms with Gasteiger partial charge in [-0.1, -0.05) is 11.8 Å². The van der Waals surface area contributed by atoms with Crippen LogP contribution in [-0.4, -0.2) is 15.8 Å². The van der Waals surface area contributed by atoms with Gasteiger partial charge in [0.1, 0.15) is 5.82 Å². The van der Waals surface area contributed by atoms with Crippen LogP contribution in [0.2, 0.25) is 0 Å². The molecule has 3 nitrogen and oxygen atoms in total. The molecule has 5 heteroatoms. The number of rotatable bonds is 4. The Morgan fingerprint density at radius 1 is 1.42 bits per heavy atom. The van der Waals surface area contributed by atoms with Crippen molar-refractivity contribution in [1.29, 1.82) is 0 Å². The highest BCUT2D eigenvalue weighted by Gasteiger charge is 2.11. The fourth-order valence-electron chi connectivity index (χ4n) is 1.95. The van der Waals surface area contributed by atoms with Crippen LogP contribution in [0.5, 0.6) is 0 Å². The number of benzene rings is 1. The molecule has 0 aliphatic rings. The summed E-state index contributed by atoms with van der Waals surface area (Å²) in [6.45, 7) is 3.88. The van der Waals surface area contributed by atoms with Crippen LogP contribution in [0.4, 0.5) is 4.39 Å². The quantitative estimate of drug-likeness (QED) is 0.936. The summed E-state index contributed by atoms with van der Waals surface area (Å²) < 4.78 is 15.2. The fourth-order valence-corrected chi connectivity index (χ4v) is 2.99. The fraction of sp³-hybridized carbons (Fsp3) is 0.357. The molecule has 0 fully saturated rings. The van der Waals surface area contributed by atoms with Crippen LogP contribution >= 0.6 is 11.8 Å². The molecule has 2 N–H and O–H groups in total. The molecule has 2 aromatic rings. The molecule has 0 bridgehead atoms. The second-order valence-corrected chi connectivity index (χ2v) is 5.85. The molecule has 102 valence electrons. The summed E-state index contributed by atoms with van der Waals surface area (Å²) in [4.78, 5) is 1.03. The predicted molar refractivity (Wildman–Crippen MR) is 75.8 cm³/mol. The average molecular weight is 279 g/mol. The van der Waals surface area contributed by atoms with Gasteiger partial charge in [-0.15, -0.1) is 0 Å². The third-order valence-electron chi connectivity index (χ3n) is 2.74. The smallest absolute Gasteiger partial charge is 0.123 e. The monoisotopic (exact) mass is 279 g/mol. The van der Waals surface area contributed by atoms with Crippen molar-refractivity contribution in [3.8, 4) is 0 Å². The van der Waals surface area contributed by atoms with Crippen molar-refractivity contribution in [2.24, 2.45) is 12.8 Å². The van der Waals surface area contributed by atoms with E-state index in [0.29, 0.717) is 6.42 Å². The van der Waals surface area contributed by atoms with Gasteiger partial charge in [0.05, 0.1) is 10.7 Å². The summed E-state index contributed by atoms with van der Waals surface area (Å²) in [5.41, 5.74) is 7.74. The molecule has 0 aliphatic heterocycles. The lowest BCUT2D eigenvalue weighted by Crippen LogP contribution is -2.18. The Balaban J connectivity index is 2.31. The summed E-state index contributed by atoms with van der Waals surface area (Å²) in [6, 6.07) is 6.88. The lowest BCUT2D eigenvalue weighted by atomic mass is 10.1. The summed E-state index contributed by atoms with van der Waals surface area (Å²) in [7, 11) is 1.91. The first kappa shape index (κ1) is 14.1. The first-order valence-electron chi connectivity index (χ1n) is 6.18. The third-order valence-corrected chi connectivity index (χ3v) is 3.95. The molecular formula is C14H18FN3S. The van der Waals surface area contributed by atoms with Crippen LogP contribution in [0.1, 0.15) is 18.2 Å². The van der Waals surface area contributed by atoms with E-state index >= 15 is 0 Å². The Morgan fingerprint density at radius 3 is 2.74 bits per heavy atom. The third kappa shape index (κ3) is 3.58. The Hall–Kier alpha value is -1.33. The van der Waals surface area contributed by atoms with Gasteiger partial charge in [0.15, 0.2) is 0 Å². The van der Waals surface area contributed by atoms with Crippen molar-refractivity contribution in [3.63, 3.8) is 0 Å². The van der Waals surface area contributed by atoms with Crippen molar-refractivity contribution < 1.29 is 4.39 Å². The predicted octanol–water partition coefficient (Wildman–Crippen LogP) is 2.91. The molecule has 0 aliphatic carbocycles. The maximum atomic E-state index is 13.4. The van der Waals surface area contributed by atoms with Gasteiger partial charge >= 0.3 is 0 Å². The zero-order valence-electron chi connectivity index (χ0n) is 11.4. The SMILES string of the molecule is Cc1cc(Sc2ccc(F)cc2CC(C)N)n(C)n1. The first-order chi connectivity index (χ1) is 8.95. The van der Waals surface area contributed by atoms with Gasteiger partial charge in [0.2, 0.25) is 0 Å². The van der Waals surface area contributed by atoms with Crippen LogP contribution in [-0.2, 0) is 13.5 Å². The molecule has 0 saturated carbocycles. The lowest BCUT2D eigenvalue weighted by Gasteiger charge is -2.11. The number of hydrogen-bond acceptors (Lipinski definition) is 3. The van der Waals surface area contributed by atoms with Crippen molar-refractivity contribution in [2.45, 2.75) is 36.2 Å².